The van der Waals surface area contributed by atoms with Gasteiger partial charge in [-0.15, -0.1) is 0 Å². The summed E-state index contributed by atoms with van der Waals surface area (Å²) >= 11 is 0. The second kappa shape index (κ2) is 7.34. The van der Waals surface area contributed by atoms with E-state index in [2.05, 4.69) is 0 Å². The molecule has 3 rings (SSSR count). The summed E-state index contributed by atoms with van der Waals surface area (Å²) in [6, 6.07) is 7.95. The molecular formula is C21H18O7. The van der Waals surface area contributed by atoms with Gasteiger partial charge in [0.05, 0.1) is 5.92 Å². The van der Waals surface area contributed by atoms with Crippen molar-refractivity contribution in [2.75, 3.05) is 0 Å². The quantitative estimate of drug-likeness (QED) is 0.337. The summed E-state index contributed by atoms with van der Waals surface area (Å²) in [5.74, 6) is -4.63. The smallest absolute Gasteiger partial charge is 0.303 e. The Morgan fingerprint density at radius 2 is 1.54 bits per heavy atom. The average Bonchev–Trinajstić information content (AvgIpc) is 2.65. The first-order valence-corrected chi connectivity index (χ1v) is 8.67. The van der Waals surface area contributed by atoms with E-state index in [-0.39, 0.29) is 5.56 Å². The van der Waals surface area contributed by atoms with Crippen molar-refractivity contribution in [2.24, 2.45) is 11.3 Å². The molecule has 0 aromatic heterocycles. The molecule has 144 valence electrons. The highest BCUT2D eigenvalue weighted by Crippen LogP contribution is 2.47. The molecule has 7 heteroatoms. The van der Waals surface area contributed by atoms with E-state index in [1.807, 2.05) is 0 Å². The minimum absolute atomic E-state index is 0.179. The van der Waals surface area contributed by atoms with Crippen molar-refractivity contribution >= 4 is 29.3 Å². The molecule has 0 fully saturated rings. The van der Waals surface area contributed by atoms with Crippen LogP contribution in [0.25, 0.3) is 0 Å². The van der Waals surface area contributed by atoms with Crippen LogP contribution in [0.15, 0.2) is 54.6 Å². The Hall–Kier alpha value is -3.35. The fourth-order valence-electron chi connectivity index (χ4n) is 3.81. The lowest BCUT2D eigenvalue weighted by Gasteiger charge is -2.46. The summed E-state index contributed by atoms with van der Waals surface area (Å²) in [6.07, 6.45) is 2.33. The summed E-state index contributed by atoms with van der Waals surface area (Å²) in [4.78, 5) is 62.7. The number of hydrogen-bond donors (Lipinski definition) is 0. The molecular weight excluding hydrogens is 364 g/mol. The van der Waals surface area contributed by atoms with Gasteiger partial charge in [0.25, 0.3) is 0 Å². The second-order valence-corrected chi connectivity index (χ2v) is 6.63. The first-order chi connectivity index (χ1) is 13.3. The first kappa shape index (κ1) is 19.4. The molecule has 2 aliphatic carbocycles. The fourth-order valence-corrected chi connectivity index (χ4v) is 3.81. The van der Waals surface area contributed by atoms with Crippen LogP contribution >= 0.6 is 0 Å². The third-order valence-electron chi connectivity index (χ3n) is 4.86. The standard InChI is InChI=1S/C21H18O7/c1-12(22)27-16-9-11-18(28-13(2)23)21(17(25)10-8-15(24)19(16)21)20(26)14-6-4-3-5-7-14/h3-11,16,18-19H,1-2H3/t16-,18+,19-,21-/m0/s1. The Morgan fingerprint density at radius 3 is 2.14 bits per heavy atom. The molecule has 0 heterocycles. The van der Waals surface area contributed by atoms with Gasteiger partial charge in [0.1, 0.15) is 12.2 Å². The number of Topliss-reactive ketones (excluding diaryl/α,β-unsaturated/α-hetero) is 1. The molecule has 0 spiro atoms. The molecule has 2 aliphatic rings. The monoisotopic (exact) mass is 382 g/mol. The van der Waals surface area contributed by atoms with E-state index in [9.17, 15) is 24.0 Å². The van der Waals surface area contributed by atoms with Crippen molar-refractivity contribution in [3.63, 3.8) is 0 Å². The van der Waals surface area contributed by atoms with Crippen molar-refractivity contribution in [1.29, 1.82) is 0 Å². The maximum absolute atomic E-state index is 13.6. The van der Waals surface area contributed by atoms with Crippen molar-refractivity contribution in [1.82, 2.24) is 0 Å². The summed E-state index contributed by atoms with van der Waals surface area (Å²) < 4.78 is 10.5. The Labute approximate surface area is 161 Å². The van der Waals surface area contributed by atoms with Crippen molar-refractivity contribution in [2.45, 2.75) is 26.1 Å². The number of ketones is 3. The molecule has 1 aromatic carbocycles. The molecule has 0 aliphatic heterocycles. The number of esters is 2. The zero-order valence-electron chi connectivity index (χ0n) is 15.3. The van der Waals surface area contributed by atoms with Crippen molar-refractivity contribution in [3.8, 4) is 0 Å². The van der Waals surface area contributed by atoms with Gasteiger partial charge in [-0.05, 0) is 24.3 Å². The van der Waals surface area contributed by atoms with Gasteiger partial charge < -0.3 is 9.47 Å². The zero-order valence-corrected chi connectivity index (χ0v) is 15.3. The third-order valence-corrected chi connectivity index (χ3v) is 4.86. The van der Waals surface area contributed by atoms with E-state index in [1.54, 1.807) is 18.2 Å². The van der Waals surface area contributed by atoms with Crippen LogP contribution in [0.2, 0.25) is 0 Å². The molecule has 0 radical (unpaired) electrons. The lowest BCUT2D eigenvalue weighted by molar-refractivity contribution is -0.166. The van der Waals surface area contributed by atoms with Crippen LogP contribution < -0.4 is 0 Å². The van der Waals surface area contributed by atoms with E-state index < -0.39 is 52.8 Å². The highest BCUT2D eigenvalue weighted by molar-refractivity contribution is 6.25. The van der Waals surface area contributed by atoms with Crippen LogP contribution in [-0.2, 0) is 28.7 Å². The molecule has 0 amide bonds. The maximum atomic E-state index is 13.6. The molecule has 28 heavy (non-hydrogen) atoms. The minimum Gasteiger partial charge on any atom is -0.457 e. The first-order valence-electron chi connectivity index (χ1n) is 8.67. The molecule has 0 bridgehead atoms. The summed E-state index contributed by atoms with van der Waals surface area (Å²) in [5.41, 5.74) is -1.87. The highest BCUT2D eigenvalue weighted by atomic mass is 16.6. The molecule has 0 N–H and O–H groups in total. The highest BCUT2D eigenvalue weighted by Gasteiger charge is 2.64. The Bertz CT molecular complexity index is 912. The van der Waals surface area contributed by atoms with E-state index in [4.69, 9.17) is 9.47 Å². The lowest BCUT2D eigenvalue weighted by Crippen LogP contribution is -2.62. The van der Waals surface area contributed by atoms with E-state index in [1.165, 1.54) is 24.3 Å². The summed E-state index contributed by atoms with van der Waals surface area (Å²) in [6.45, 7) is 2.31. The van der Waals surface area contributed by atoms with E-state index in [0.29, 0.717) is 0 Å². The number of rotatable bonds is 4. The van der Waals surface area contributed by atoms with Crippen molar-refractivity contribution in [3.05, 3.63) is 60.2 Å². The number of benzene rings is 1. The topological polar surface area (TPSA) is 104 Å². The van der Waals surface area contributed by atoms with Gasteiger partial charge in [-0.3, -0.25) is 24.0 Å². The largest absolute Gasteiger partial charge is 0.457 e. The van der Waals surface area contributed by atoms with E-state index in [0.717, 1.165) is 26.0 Å². The lowest BCUT2D eigenvalue weighted by atomic mass is 9.56. The van der Waals surface area contributed by atoms with Gasteiger partial charge in [-0.1, -0.05) is 30.3 Å². The Morgan fingerprint density at radius 1 is 0.893 bits per heavy atom. The third kappa shape index (κ3) is 3.09. The van der Waals surface area contributed by atoms with Crippen LogP contribution in [-0.4, -0.2) is 41.5 Å². The number of carbonyl (C=O) groups excluding carboxylic acids is 5. The molecule has 0 unspecified atom stereocenters. The molecule has 0 saturated carbocycles. The van der Waals surface area contributed by atoms with Gasteiger partial charge in [0.15, 0.2) is 22.8 Å². The molecule has 7 nitrogen and oxygen atoms in total. The summed E-state index contributed by atoms with van der Waals surface area (Å²) in [5, 5.41) is 0. The van der Waals surface area contributed by atoms with Gasteiger partial charge in [-0.2, -0.15) is 0 Å². The SMILES string of the molecule is CC(=O)O[C@H]1C=C[C@@H](OC(C)=O)[C@@]2(C(=O)c3ccccc3)C(=O)C=CC(=O)[C@@H]12. The van der Waals surface area contributed by atoms with Crippen LogP contribution in [0, 0.1) is 11.3 Å². The van der Waals surface area contributed by atoms with Gasteiger partial charge in [-0.25, -0.2) is 0 Å². The maximum Gasteiger partial charge on any atom is 0.303 e. The molecule has 0 saturated heterocycles. The Balaban J connectivity index is 2.25. The number of carbonyl (C=O) groups is 5. The predicted octanol–water partition coefficient (Wildman–Crippen LogP) is 1.61. The predicted molar refractivity (Wildman–Crippen MR) is 96.1 cm³/mol. The van der Waals surface area contributed by atoms with E-state index >= 15 is 0 Å². The van der Waals surface area contributed by atoms with Crippen LogP contribution in [0.5, 0.6) is 0 Å². The zero-order chi connectivity index (χ0) is 20.5. The molecule has 4 atom stereocenters. The Kier molecular flexibility index (Phi) is 5.09. The normalized spacial score (nSPS) is 28.4. The number of hydrogen-bond acceptors (Lipinski definition) is 7. The van der Waals surface area contributed by atoms with Crippen molar-refractivity contribution < 1.29 is 33.4 Å². The average molecular weight is 382 g/mol. The molecule has 1 aromatic rings. The van der Waals surface area contributed by atoms with Crippen LogP contribution in [0.1, 0.15) is 24.2 Å². The number of allylic oxidation sites excluding steroid dienone is 2. The number of fused-ring (bicyclic) bond motifs is 1. The fraction of sp³-hybridized carbons (Fsp3) is 0.286. The minimum atomic E-state index is -2.05. The van der Waals surface area contributed by atoms with Gasteiger partial charge >= 0.3 is 11.9 Å². The summed E-state index contributed by atoms with van der Waals surface area (Å²) in [7, 11) is 0. The van der Waals surface area contributed by atoms with Gasteiger partial charge in [0.2, 0.25) is 0 Å². The van der Waals surface area contributed by atoms with Crippen LogP contribution in [0.3, 0.4) is 0 Å². The second-order valence-electron chi connectivity index (χ2n) is 6.63. The van der Waals surface area contributed by atoms with Crippen LogP contribution in [0.4, 0.5) is 0 Å². The number of ether oxygens (including phenoxy) is 2. The van der Waals surface area contributed by atoms with Gasteiger partial charge in [0, 0.05) is 19.4 Å².